The molecule has 138 valence electrons. The molecule has 2 aromatic rings. The molecule has 2 rings (SSSR count). The van der Waals surface area contributed by atoms with E-state index in [0.29, 0.717) is 24.5 Å². The van der Waals surface area contributed by atoms with E-state index in [1.165, 1.54) is 6.92 Å². The minimum Gasteiger partial charge on any atom is -0.342 e. The molecule has 2 aromatic carbocycles. The van der Waals surface area contributed by atoms with Crippen molar-refractivity contribution in [3.63, 3.8) is 0 Å². The maximum Gasteiger partial charge on any atom is 0.226 e. The fraction of sp³-hybridized carbons (Fsp3) is 0.333. The lowest BCUT2D eigenvalue weighted by atomic mass is 10.1. The maximum absolute atomic E-state index is 12.3. The molecule has 5 heteroatoms. The smallest absolute Gasteiger partial charge is 0.226 e. The Morgan fingerprint density at radius 3 is 2.50 bits per heavy atom. The summed E-state index contributed by atoms with van der Waals surface area (Å²) >= 11 is 5.99. The van der Waals surface area contributed by atoms with Gasteiger partial charge >= 0.3 is 0 Å². The van der Waals surface area contributed by atoms with Crippen molar-refractivity contribution in [2.75, 3.05) is 18.4 Å². The van der Waals surface area contributed by atoms with Crippen LogP contribution in [0.1, 0.15) is 30.0 Å². The number of nitrogens with one attached hydrogen (secondary N) is 1. The SMILES string of the molecule is CC(=O)N(CCC(=O)Nc1cccc(C)c1C)CCc1cccc(Cl)c1. The first-order chi connectivity index (χ1) is 12.4. The molecule has 0 aromatic heterocycles. The van der Waals surface area contributed by atoms with Gasteiger partial charge in [-0.15, -0.1) is 0 Å². The van der Waals surface area contributed by atoms with Crippen LogP contribution in [0.25, 0.3) is 0 Å². The second kappa shape index (κ2) is 9.39. The molecule has 0 fully saturated rings. The molecule has 0 aliphatic heterocycles. The summed E-state index contributed by atoms with van der Waals surface area (Å²) in [5, 5.41) is 3.62. The second-order valence-electron chi connectivity index (χ2n) is 6.43. The summed E-state index contributed by atoms with van der Waals surface area (Å²) in [6.07, 6.45) is 0.973. The van der Waals surface area contributed by atoms with Crippen molar-refractivity contribution in [1.29, 1.82) is 0 Å². The summed E-state index contributed by atoms with van der Waals surface area (Å²) in [7, 11) is 0. The number of carbonyl (C=O) groups is 2. The van der Waals surface area contributed by atoms with Gasteiger partial charge in [0.15, 0.2) is 0 Å². The number of anilines is 1. The molecule has 0 unspecified atom stereocenters. The average Bonchev–Trinajstić information content (AvgIpc) is 2.58. The highest BCUT2D eigenvalue weighted by Crippen LogP contribution is 2.18. The summed E-state index contributed by atoms with van der Waals surface area (Å²) in [6.45, 7) is 6.48. The van der Waals surface area contributed by atoms with Crippen molar-refractivity contribution in [3.05, 3.63) is 64.2 Å². The third kappa shape index (κ3) is 5.88. The highest BCUT2D eigenvalue weighted by molar-refractivity contribution is 6.30. The molecule has 0 atom stereocenters. The van der Waals surface area contributed by atoms with Gasteiger partial charge in [0.05, 0.1) is 0 Å². The zero-order valence-electron chi connectivity index (χ0n) is 15.5. The number of carbonyl (C=O) groups excluding carboxylic acids is 2. The van der Waals surface area contributed by atoms with Crippen LogP contribution in [-0.2, 0) is 16.0 Å². The third-order valence-corrected chi connectivity index (χ3v) is 4.73. The summed E-state index contributed by atoms with van der Waals surface area (Å²) < 4.78 is 0. The Kier molecular flexibility index (Phi) is 7.22. The average molecular weight is 373 g/mol. The van der Waals surface area contributed by atoms with E-state index in [-0.39, 0.29) is 18.2 Å². The first-order valence-electron chi connectivity index (χ1n) is 8.73. The van der Waals surface area contributed by atoms with E-state index >= 15 is 0 Å². The lowest BCUT2D eigenvalue weighted by molar-refractivity contribution is -0.129. The molecule has 0 aliphatic rings. The van der Waals surface area contributed by atoms with E-state index in [1.807, 2.05) is 56.3 Å². The fourth-order valence-corrected chi connectivity index (χ4v) is 2.93. The zero-order valence-corrected chi connectivity index (χ0v) is 16.3. The Labute approximate surface area is 160 Å². The van der Waals surface area contributed by atoms with Crippen molar-refractivity contribution in [2.24, 2.45) is 0 Å². The Bertz CT molecular complexity index is 789. The number of halogens is 1. The molecule has 0 saturated heterocycles. The van der Waals surface area contributed by atoms with E-state index < -0.39 is 0 Å². The number of nitrogens with zero attached hydrogens (tertiary/aromatic N) is 1. The largest absolute Gasteiger partial charge is 0.342 e. The van der Waals surface area contributed by atoms with Crippen molar-refractivity contribution in [2.45, 2.75) is 33.6 Å². The summed E-state index contributed by atoms with van der Waals surface area (Å²) in [4.78, 5) is 25.8. The molecular formula is C21H25ClN2O2. The van der Waals surface area contributed by atoms with E-state index in [0.717, 1.165) is 22.4 Å². The number of hydrogen-bond donors (Lipinski definition) is 1. The molecule has 1 N–H and O–H groups in total. The fourth-order valence-electron chi connectivity index (χ4n) is 2.72. The molecule has 0 saturated carbocycles. The van der Waals surface area contributed by atoms with Crippen LogP contribution in [0.15, 0.2) is 42.5 Å². The molecule has 0 heterocycles. The Balaban J connectivity index is 1.88. The van der Waals surface area contributed by atoms with Crippen molar-refractivity contribution in [3.8, 4) is 0 Å². The highest BCUT2D eigenvalue weighted by atomic mass is 35.5. The predicted molar refractivity (Wildman–Crippen MR) is 107 cm³/mol. The Hall–Kier alpha value is -2.33. The lowest BCUT2D eigenvalue weighted by Crippen LogP contribution is -2.33. The van der Waals surface area contributed by atoms with Gasteiger partial charge in [-0.3, -0.25) is 9.59 Å². The van der Waals surface area contributed by atoms with Crippen LogP contribution >= 0.6 is 11.6 Å². The van der Waals surface area contributed by atoms with E-state index in [4.69, 9.17) is 11.6 Å². The summed E-state index contributed by atoms with van der Waals surface area (Å²) in [5.41, 5.74) is 4.09. The highest BCUT2D eigenvalue weighted by Gasteiger charge is 2.12. The van der Waals surface area contributed by atoms with Gasteiger partial charge in [0.25, 0.3) is 0 Å². The van der Waals surface area contributed by atoms with Crippen LogP contribution in [0.2, 0.25) is 5.02 Å². The van der Waals surface area contributed by atoms with Crippen molar-refractivity contribution in [1.82, 2.24) is 4.90 Å². The van der Waals surface area contributed by atoms with Gasteiger partial charge in [0.1, 0.15) is 0 Å². The number of rotatable bonds is 7. The first kappa shape index (κ1) is 20.0. The van der Waals surface area contributed by atoms with Crippen LogP contribution in [0, 0.1) is 13.8 Å². The Morgan fingerprint density at radius 1 is 1.08 bits per heavy atom. The number of benzene rings is 2. The minimum atomic E-state index is -0.0901. The van der Waals surface area contributed by atoms with Crippen LogP contribution in [0.3, 0.4) is 0 Å². The van der Waals surface area contributed by atoms with Gasteiger partial charge in [-0.25, -0.2) is 0 Å². The van der Waals surface area contributed by atoms with Crippen LogP contribution < -0.4 is 5.32 Å². The second-order valence-corrected chi connectivity index (χ2v) is 6.87. The van der Waals surface area contributed by atoms with Crippen LogP contribution in [0.4, 0.5) is 5.69 Å². The standard InChI is InChI=1S/C21H25ClN2O2/c1-15-6-4-9-20(16(15)2)23-21(26)11-13-24(17(3)25)12-10-18-7-5-8-19(22)14-18/h4-9,14H,10-13H2,1-3H3,(H,23,26). The van der Waals surface area contributed by atoms with Gasteiger partial charge in [-0.2, -0.15) is 0 Å². The summed E-state index contributed by atoms with van der Waals surface area (Å²) in [6, 6.07) is 13.4. The van der Waals surface area contributed by atoms with Gasteiger partial charge in [-0.05, 0) is 55.2 Å². The molecule has 26 heavy (non-hydrogen) atoms. The number of hydrogen-bond acceptors (Lipinski definition) is 2. The van der Waals surface area contributed by atoms with Gasteiger partial charge < -0.3 is 10.2 Å². The zero-order chi connectivity index (χ0) is 19.1. The van der Waals surface area contributed by atoms with Crippen LogP contribution in [0.5, 0.6) is 0 Å². The molecule has 0 aliphatic carbocycles. The quantitative estimate of drug-likeness (QED) is 0.784. The van der Waals surface area contributed by atoms with Gasteiger partial charge in [0.2, 0.25) is 11.8 Å². The van der Waals surface area contributed by atoms with Crippen LogP contribution in [-0.4, -0.2) is 29.8 Å². The minimum absolute atomic E-state index is 0.0356. The lowest BCUT2D eigenvalue weighted by Gasteiger charge is -2.21. The van der Waals surface area contributed by atoms with E-state index in [1.54, 1.807) is 4.90 Å². The molecule has 4 nitrogen and oxygen atoms in total. The number of amides is 2. The molecular weight excluding hydrogens is 348 g/mol. The molecule has 0 spiro atoms. The van der Waals surface area contributed by atoms with E-state index in [9.17, 15) is 9.59 Å². The topological polar surface area (TPSA) is 49.4 Å². The normalized spacial score (nSPS) is 10.5. The molecule has 0 bridgehead atoms. The third-order valence-electron chi connectivity index (χ3n) is 4.49. The summed E-state index contributed by atoms with van der Waals surface area (Å²) in [5.74, 6) is -0.126. The van der Waals surface area contributed by atoms with Gasteiger partial charge in [0, 0.05) is 37.1 Å². The molecule has 2 amide bonds. The number of aryl methyl sites for hydroxylation is 1. The van der Waals surface area contributed by atoms with Gasteiger partial charge in [-0.1, -0.05) is 35.9 Å². The monoisotopic (exact) mass is 372 g/mol. The Morgan fingerprint density at radius 2 is 1.81 bits per heavy atom. The van der Waals surface area contributed by atoms with E-state index in [2.05, 4.69) is 5.32 Å². The first-order valence-corrected chi connectivity index (χ1v) is 9.10. The molecule has 0 radical (unpaired) electrons. The van der Waals surface area contributed by atoms with Crippen molar-refractivity contribution >= 4 is 29.1 Å². The predicted octanol–water partition coefficient (Wildman–Crippen LogP) is 4.38. The maximum atomic E-state index is 12.3. The van der Waals surface area contributed by atoms with Crippen molar-refractivity contribution < 1.29 is 9.59 Å².